The van der Waals surface area contributed by atoms with Crippen molar-refractivity contribution in [2.75, 3.05) is 19.1 Å². The summed E-state index contributed by atoms with van der Waals surface area (Å²) >= 11 is 1.64. The quantitative estimate of drug-likeness (QED) is 0.836. The maximum Gasteiger partial charge on any atom is 0.243 e. The van der Waals surface area contributed by atoms with Gasteiger partial charge >= 0.3 is 0 Å². The van der Waals surface area contributed by atoms with Crippen molar-refractivity contribution in [1.82, 2.24) is 4.31 Å². The molecule has 1 atom stereocenters. The van der Waals surface area contributed by atoms with Crippen LogP contribution in [0.5, 0.6) is 0 Å². The molecule has 0 aliphatic rings. The SMILES string of the molecule is CCC(CSC)N(C)S(=O)(=O)c1ccc(CO)cc1. The van der Waals surface area contributed by atoms with Crippen molar-refractivity contribution in [3.63, 3.8) is 0 Å². The lowest BCUT2D eigenvalue weighted by molar-refractivity contribution is 0.281. The summed E-state index contributed by atoms with van der Waals surface area (Å²) in [6.45, 7) is 1.90. The van der Waals surface area contributed by atoms with E-state index in [1.165, 1.54) is 4.31 Å². The molecule has 4 nitrogen and oxygen atoms in total. The monoisotopic (exact) mass is 303 g/mol. The molecule has 0 heterocycles. The van der Waals surface area contributed by atoms with Gasteiger partial charge in [-0.2, -0.15) is 16.1 Å². The lowest BCUT2D eigenvalue weighted by Gasteiger charge is -2.26. The number of benzene rings is 1. The van der Waals surface area contributed by atoms with Gasteiger partial charge in [0.1, 0.15) is 0 Å². The zero-order valence-electron chi connectivity index (χ0n) is 11.5. The molecule has 0 bridgehead atoms. The lowest BCUT2D eigenvalue weighted by atomic mass is 10.2. The molecule has 1 unspecified atom stereocenters. The molecule has 1 rings (SSSR count). The number of thioether (sulfide) groups is 1. The molecule has 0 spiro atoms. The molecule has 1 aromatic carbocycles. The molecule has 108 valence electrons. The topological polar surface area (TPSA) is 57.6 Å². The predicted molar refractivity (Wildman–Crippen MR) is 79.8 cm³/mol. The first kappa shape index (κ1) is 16.5. The van der Waals surface area contributed by atoms with Gasteiger partial charge in [0.15, 0.2) is 0 Å². The average molecular weight is 303 g/mol. The Morgan fingerprint density at radius 1 is 1.32 bits per heavy atom. The molecule has 0 fully saturated rings. The molecule has 1 aromatic rings. The summed E-state index contributed by atoms with van der Waals surface area (Å²) in [5.74, 6) is 0.779. The Balaban J connectivity index is 3.00. The number of aliphatic hydroxyl groups is 1. The van der Waals surface area contributed by atoms with Crippen molar-refractivity contribution in [2.45, 2.75) is 30.9 Å². The molecule has 0 saturated carbocycles. The Kier molecular flexibility index (Phi) is 6.32. The molecule has 0 saturated heterocycles. The summed E-state index contributed by atoms with van der Waals surface area (Å²) in [6.07, 6.45) is 2.75. The number of rotatable bonds is 7. The van der Waals surface area contributed by atoms with Gasteiger partial charge < -0.3 is 5.11 Å². The predicted octanol–water partition coefficient (Wildman–Crippen LogP) is 1.94. The second-order valence-corrected chi connectivity index (χ2v) is 7.25. The summed E-state index contributed by atoms with van der Waals surface area (Å²) in [6, 6.07) is 6.36. The van der Waals surface area contributed by atoms with Crippen LogP contribution in [0.25, 0.3) is 0 Å². The van der Waals surface area contributed by atoms with Crippen LogP contribution in [0.4, 0.5) is 0 Å². The second kappa shape index (κ2) is 7.28. The van der Waals surface area contributed by atoms with Crippen molar-refractivity contribution in [3.8, 4) is 0 Å². The van der Waals surface area contributed by atoms with E-state index in [0.717, 1.165) is 12.2 Å². The van der Waals surface area contributed by atoms with Crippen LogP contribution in [0, 0.1) is 0 Å². The molecule has 0 aliphatic heterocycles. The van der Waals surface area contributed by atoms with Crippen molar-refractivity contribution in [3.05, 3.63) is 29.8 Å². The highest BCUT2D eigenvalue weighted by molar-refractivity contribution is 7.98. The normalized spacial score (nSPS) is 13.7. The Labute approximate surface area is 119 Å². The standard InChI is InChI=1S/C13H21NO3S2/c1-4-12(10-18-3)14(2)19(16,17)13-7-5-11(9-15)6-8-13/h5-8,12,15H,4,9-10H2,1-3H3. The number of hydrogen-bond acceptors (Lipinski definition) is 4. The number of hydrogen-bond donors (Lipinski definition) is 1. The van der Waals surface area contributed by atoms with E-state index >= 15 is 0 Å². The minimum Gasteiger partial charge on any atom is -0.392 e. The highest BCUT2D eigenvalue weighted by atomic mass is 32.2. The maximum absolute atomic E-state index is 12.5. The minimum absolute atomic E-state index is 0.00230. The fourth-order valence-corrected chi connectivity index (χ4v) is 4.17. The third-order valence-corrected chi connectivity index (χ3v) is 5.77. The highest BCUT2D eigenvalue weighted by Gasteiger charge is 2.26. The average Bonchev–Trinajstić information content (AvgIpc) is 2.44. The molecular formula is C13H21NO3S2. The smallest absolute Gasteiger partial charge is 0.243 e. The van der Waals surface area contributed by atoms with Gasteiger partial charge in [-0.15, -0.1) is 0 Å². The Hall–Kier alpha value is -0.560. The Bertz CT molecular complexity index is 485. The van der Waals surface area contributed by atoms with Gasteiger partial charge in [-0.05, 0) is 30.4 Å². The zero-order valence-corrected chi connectivity index (χ0v) is 13.2. The summed E-state index contributed by atoms with van der Waals surface area (Å²) in [5.41, 5.74) is 0.706. The molecule has 0 aromatic heterocycles. The molecule has 19 heavy (non-hydrogen) atoms. The molecule has 0 radical (unpaired) electrons. The highest BCUT2D eigenvalue weighted by Crippen LogP contribution is 2.20. The fraction of sp³-hybridized carbons (Fsp3) is 0.538. The van der Waals surface area contributed by atoms with Gasteiger partial charge in [-0.3, -0.25) is 0 Å². The van der Waals surface area contributed by atoms with E-state index in [1.807, 2.05) is 13.2 Å². The van der Waals surface area contributed by atoms with Crippen LogP contribution < -0.4 is 0 Å². The van der Waals surface area contributed by atoms with Gasteiger partial charge in [-0.25, -0.2) is 8.42 Å². The van der Waals surface area contributed by atoms with Crippen LogP contribution in [-0.2, 0) is 16.6 Å². The first-order valence-corrected chi connectivity index (χ1v) is 8.97. The van der Waals surface area contributed by atoms with Crippen LogP contribution in [0.2, 0.25) is 0 Å². The number of sulfonamides is 1. The molecule has 0 amide bonds. The molecule has 6 heteroatoms. The van der Waals surface area contributed by atoms with E-state index in [0.29, 0.717) is 5.56 Å². The molecule has 0 aliphatic carbocycles. The third kappa shape index (κ3) is 3.95. The van der Waals surface area contributed by atoms with Gasteiger partial charge in [-0.1, -0.05) is 19.1 Å². The van der Waals surface area contributed by atoms with Crippen molar-refractivity contribution in [2.24, 2.45) is 0 Å². The molecule has 1 N–H and O–H groups in total. The first-order chi connectivity index (χ1) is 8.97. The van der Waals surface area contributed by atoms with Crippen molar-refractivity contribution in [1.29, 1.82) is 0 Å². The van der Waals surface area contributed by atoms with Crippen molar-refractivity contribution >= 4 is 21.8 Å². The Morgan fingerprint density at radius 2 is 1.89 bits per heavy atom. The van der Waals surface area contributed by atoms with E-state index in [-0.39, 0.29) is 17.5 Å². The van der Waals surface area contributed by atoms with Crippen LogP contribution in [0.1, 0.15) is 18.9 Å². The first-order valence-electron chi connectivity index (χ1n) is 6.14. The molecular weight excluding hydrogens is 282 g/mol. The summed E-state index contributed by atoms with van der Waals surface area (Å²) in [4.78, 5) is 0.270. The fourth-order valence-electron chi connectivity index (χ4n) is 1.80. The van der Waals surface area contributed by atoms with Crippen LogP contribution in [0.3, 0.4) is 0 Å². The number of nitrogens with zero attached hydrogens (tertiary/aromatic N) is 1. The number of aliphatic hydroxyl groups excluding tert-OH is 1. The summed E-state index contributed by atoms with van der Waals surface area (Å²) in [5, 5.41) is 8.97. The van der Waals surface area contributed by atoms with Gasteiger partial charge in [0.2, 0.25) is 10.0 Å². The van der Waals surface area contributed by atoms with Crippen molar-refractivity contribution < 1.29 is 13.5 Å². The Morgan fingerprint density at radius 3 is 2.32 bits per heavy atom. The van der Waals surface area contributed by atoms with E-state index in [4.69, 9.17) is 5.11 Å². The summed E-state index contributed by atoms with van der Waals surface area (Å²) in [7, 11) is -1.83. The second-order valence-electron chi connectivity index (χ2n) is 4.34. The summed E-state index contributed by atoms with van der Waals surface area (Å²) < 4.78 is 26.4. The van der Waals surface area contributed by atoms with E-state index in [2.05, 4.69) is 0 Å². The van der Waals surface area contributed by atoms with Crippen LogP contribution in [0.15, 0.2) is 29.2 Å². The van der Waals surface area contributed by atoms with Gasteiger partial charge in [0.05, 0.1) is 11.5 Å². The van der Waals surface area contributed by atoms with Crippen LogP contribution in [-0.4, -0.2) is 42.9 Å². The maximum atomic E-state index is 12.5. The van der Waals surface area contributed by atoms with E-state index in [1.54, 1.807) is 43.1 Å². The largest absolute Gasteiger partial charge is 0.392 e. The van der Waals surface area contributed by atoms with E-state index in [9.17, 15) is 8.42 Å². The lowest BCUT2D eigenvalue weighted by Crippen LogP contribution is -2.38. The third-order valence-electron chi connectivity index (χ3n) is 3.13. The van der Waals surface area contributed by atoms with Gasteiger partial charge in [0.25, 0.3) is 0 Å². The van der Waals surface area contributed by atoms with Crippen LogP contribution >= 0.6 is 11.8 Å². The minimum atomic E-state index is -3.46. The van der Waals surface area contributed by atoms with E-state index < -0.39 is 10.0 Å². The zero-order chi connectivity index (χ0) is 14.5. The van der Waals surface area contributed by atoms with Gasteiger partial charge in [0, 0.05) is 18.8 Å².